The van der Waals surface area contributed by atoms with Gasteiger partial charge in [0.1, 0.15) is 5.75 Å². The summed E-state index contributed by atoms with van der Waals surface area (Å²) in [4.78, 5) is 0. The van der Waals surface area contributed by atoms with Gasteiger partial charge in [-0.15, -0.1) is 0 Å². The van der Waals surface area contributed by atoms with Crippen LogP contribution in [-0.2, 0) is 6.42 Å². The van der Waals surface area contributed by atoms with Crippen LogP contribution in [0.15, 0.2) is 48.5 Å². The Morgan fingerprint density at radius 2 is 1.90 bits per heavy atom. The fraction of sp³-hybridized carbons (Fsp3) is 0.333. The molecule has 0 saturated carbocycles. The average Bonchev–Trinajstić information content (AvgIpc) is 2.48. The Morgan fingerprint density at radius 3 is 2.60 bits per heavy atom. The molecule has 2 rings (SSSR count). The van der Waals surface area contributed by atoms with Gasteiger partial charge in [0, 0.05) is 11.6 Å². The van der Waals surface area contributed by atoms with Crippen LogP contribution >= 0.6 is 0 Å². The standard InChI is InChI=1S/C18H23NO/c1-14-7-6-8-15(13-14)11-12-17(19-2)16-9-4-5-10-18(16)20-3/h4-10,13,17,19H,11-12H2,1-3H3. The van der Waals surface area contributed by atoms with E-state index in [-0.39, 0.29) is 0 Å². The lowest BCUT2D eigenvalue weighted by molar-refractivity contribution is 0.399. The van der Waals surface area contributed by atoms with Crippen molar-refractivity contribution in [2.75, 3.05) is 14.2 Å². The molecule has 0 aliphatic rings. The smallest absolute Gasteiger partial charge is 0.123 e. The van der Waals surface area contributed by atoms with Gasteiger partial charge in [0.2, 0.25) is 0 Å². The van der Waals surface area contributed by atoms with Crippen LogP contribution in [0.4, 0.5) is 0 Å². The Labute approximate surface area is 121 Å². The molecule has 2 aromatic rings. The molecule has 2 nitrogen and oxygen atoms in total. The van der Waals surface area contributed by atoms with Crippen molar-refractivity contribution in [1.82, 2.24) is 5.32 Å². The van der Waals surface area contributed by atoms with Crippen molar-refractivity contribution < 1.29 is 4.74 Å². The predicted molar refractivity (Wildman–Crippen MR) is 84.3 cm³/mol. The van der Waals surface area contributed by atoms with Crippen LogP contribution in [-0.4, -0.2) is 14.2 Å². The van der Waals surface area contributed by atoms with Gasteiger partial charge in [-0.2, -0.15) is 0 Å². The van der Waals surface area contributed by atoms with E-state index >= 15 is 0 Å². The summed E-state index contributed by atoms with van der Waals surface area (Å²) in [6.07, 6.45) is 2.12. The van der Waals surface area contributed by atoms with E-state index in [1.807, 2.05) is 19.2 Å². The molecule has 0 aliphatic carbocycles. The van der Waals surface area contributed by atoms with Gasteiger partial charge in [-0.3, -0.25) is 0 Å². The first kappa shape index (κ1) is 14.6. The lowest BCUT2D eigenvalue weighted by Crippen LogP contribution is -2.18. The second-order valence-corrected chi connectivity index (χ2v) is 5.11. The fourth-order valence-corrected chi connectivity index (χ4v) is 2.59. The number of benzene rings is 2. The molecule has 0 spiro atoms. The first-order chi connectivity index (χ1) is 9.74. The third kappa shape index (κ3) is 3.61. The number of nitrogens with one attached hydrogen (secondary N) is 1. The highest BCUT2D eigenvalue weighted by molar-refractivity contribution is 5.36. The van der Waals surface area contributed by atoms with Crippen LogP contribution in [0.2, 0.25) is 0 Å². The summed E-state index contributed by atoms with van der Waals surface area (Å²) in [5, 5.41) is 3.40. The third-order valence-electron chi connectivity index (χ3n) is 3.67. The largest absolute Gasteiger partial charge is 0.496 e. The molecular weight excluding hydrogens is 246 g/mol. The molecule has 0 heterocycles. The van der Waals surface area contributed by atoms with Crippen molar-refractivity contribution in [3.63, 3.8) is 0 Å². The lowest BCUT2D eigenvalue weighted by atomic mass is 9.97. The molecular formula is C18H23NO. The zero-order valence-corrected chi connectivity index (χ0v) is 12.5. The molecule has 20 heavy (non-hydrogen) atoms. The number of hydrogen-bond donors (Lipinski definition) is 1. The lowest BCUT2D eigenvalue weighted by Gasteiger charge is -2.19. The number of para-hydroxylation sites is 1. The van der Waals surface area contributed by atoms with Crippen molar-refractivity contribution in [3.8, 4) is 5.75 Å². The Morgan fingerprint density at radius 1 is 1.10 bits per heavy atom. The van der Waals surface area contributed by atoms with Crippen LogP contribution in [0.1, 0.15) is 29.2 Å². The minimum atomic E-state index is 0.312. The summed E-state index contributed by atoms with van der Waals surface area (Å²) >= 11 is 0. The summed E-state index contributed by atoms with van der Waals surface area (Å²) in [5.74, 6) is 0.955. The summed E-state index contributed by atoms with van der Waals surface area (Å²) in [6.45, 7) is 2.14. The Bertz CT molecular complexity index is 551. The molecule has 0 amide bonds. The number of rotatable bonds is 6. The second-order valence-electron chi connectivity index (χ2n) is 5.11. The Kier molecular flexibility index (Phi) is 5.19. The van der Waals surface area contributed by atoms with E-state index in [0.717, 1.165) is 18.6 Å². The molecule has 0 fully saturated rings. The first-order valence-corrected chi connectivity index (χ1v) is 7.10. The predicted octanol–water partition coefficient (Wildman–Crippen LogP) is 3.90. The first-order valence-electron chi connectivity index (χ1n) is 7.10. The zero-order valence-electron chi connectivity index (χ0n) is 12.5. The van der Waals surface area contributed by atoms with Crippen LogP contribution < -0.4 is 10.1 Å². The molecule has 0 saturated heterocycles. The van der Waals surface area contributed by atoms with Crippen LogP contribution in [0.25, 0.3) is 0 Å². The average molecular weight is 269 g/mol. The van der Waals surface area contributed by atoms with Gasteiger partial charge in [-0.1, -0.05) is 48.0 Å². The van der Waals surface area contributed by atoms with Gasteiger partial charge in [-0.05, 0) is 38.4 Å². The molecule has 1 N–H and O–H groups in total. The number of hydrogen-bond acceptors (Lipinski definition) is 2. The van der Waals surface area contributed by atoms with Gasteiger partial charge < -0.3 is 10.1 Å². The molecule has 2 heteroatoms. The minimum absolute atomic E-state index is 0.312. The number of aryl methyl sites for hydroxylation is 2. The van der Waals surface area contributed by atoms with Gasteiger partial charge in [0.25, 0.3) is 0 Å². The summed E-state index contributed by atoms with van der Waals surface area (Å²) in [6, 6.07) is 17.3. The van der Waals surface area contributed by atoms with E-state index in [2.05, 4.69) is 48.6 Å². The van der Waals surface area contributed by atoms with Crippen molar-refractivity contribution in [2.45, 2.75) is 25.8 Å². The second kappa shape index (κ2) is 7.11. The molecule has 0 bridgehead atoms. The van der Waals surface area contributed by atoms with E-state index in [4.69, 9.17) is 4.74 Å². The van der Waals surface area contributed by atoms with Gasteiger partial charge >= 0.3 is 0 Å². The van der Waals surface area contributed by atoms with Crippen LogP contribution in [0.3, 0.4) is 0 Å². The highest BCUT2D eigenvalue weighted by atomic mass is 16.5. The quantitative estimate of drug-likeness (QED) is 0.859. The Balaban J connectivity index is 2.09. The van der Waals surface area contributed by atoms with Gasteiger partial charge in [0.05, 0.1) is 7.11 Å². The summed E-state index contributed by atoms with van der Waals surface area (Å²) in [7, 11) is 3.74. The normalized spacial score (nSPS) is 12.2. The maximum Gasteiger partial charge on any atom is 0.123 e. The summed E-state index contributed by atoms with van der Waals surface area (Å²) < 4.78 is 5.46. The third-order valence-corrected chi connectivity index (χ3v) is 3.67. The monoisotopic (exact) mass is 269 g/mol. The van der Waals surface area contributed by atoms with Crippen molar-refractivity contribution in [3.05, 3.63) is 65.2 Å². The number of ether oxygens (including phenoxy) is 1. The maximum absolute atomic E-state index is 5.46. The number of methoxy groups -OCH3 is 1. The van der Waals surface area contributed by atoms with Crippen molar-refractivity contribution in [1.29, 1.82) is 0 Å². The van der Waals surface area contributed by atoms with E-state index < -0.39 is 0 Å². The van der Waals surface area contributed by atoms with Crippen LogP contribution in [0, 0.1) is 6.92 Å². The molecule has 0 aromatic heterocycles. The van der Waals surface area contributed by atoms with Gasteiger partial charge in [0.15, 0.2) is 0 Å². The SMILES string of the molecule is CNC(CCc1cccc(C)c1)c1ccccc1OC. The van der Waals surface area contributed by atoms with Crippen LogP contribution in [0.5, 0.6) is 5.75 Å². The van der Waals surface area contributed by atoms with Gasteiger partial charge in [-0.25, -0.2) is 0 Å². The molecule has 2 aromatic carbocycles. The topological polar surface area (TPSA) is 21.3 Å². The minimum Gasteiger partial charge on any atom is -0.496 e. The molecule has 0 radical (unpaired) electrons. The molecule has 1 atom stereocenters. The Hall–Kier alpha value is -1.80. The molecule has 1 unspecified atom stereocenters. The van der Waals surface area contributed by atoms with E-state index in [1.165, 1.54) is 16.7 Å². The summed E-state index contributed by atoms with van der Waals surface area (Å²) in [5.41, 5.74) is 3.94. The molecule has 106 valence electrons. The van der Waals surface area contributed by atoms with E-state index in [1.54, 1.807) is 7.11 Å². The fourth-order valence-electron chi connectivity index (χ4n) is 2.59. The van der Waals surface area contributed by atoms with E-state index in [9.17, 15) is 0 Å². The highest BCUT2D eigenvalue weighted by Gasteiger charge is 2.13. The van der Waals surface area contributed by atoms with E-state index in [0.29, 0.717) is 6.04 Å². The maximum atomic E-state index is 5.46. The molecule has 0 aliphatic heterocycles. The zero-order chi connectivity index (χ0) is 14.4. The van der Waals surface area contributed by atoms with Crippen molar-refractivity contribution in [2.24, 2.45) is 0 Å². The van der Waals surface area contributed by atoms with Crippen molar-refractivity contribution >= 4 is 0 Å². The highest BCUT2D eigenvalue weighted by Crippen LogP contribution is 2.27.